The minimum Gasteiger partial charge on any atom is -0.379 e. The molecule has 1 aromatic carbocycles. The maximum atomic E-state index is 12.3. The molecule has 2 rings (SSSR count). The van der Waals surface area contributed by atoms with Gasteiger partial charge in [0, 0.05) is 35.7 Å². The maximum Gasteiger partial charge on any atom is 0.240 e. The first-order valence-electron chi connectivity index (χ1n) is 6.66. The molecular weight excluding hydrogens is 335 g/mol. The zero-order valence-corrected chi connectivity index (χ0v) is 14.0. The number of hydrogen-bond donors (Lipinski definition) is 1. The second-order valence-electron chi connectivity index (χ2n) is 4.95. The van der Waals surface area contributed by atoms with E-state index in [0.29, 0.717) is 29.8 Å². The van der Waals surface area contributed by atoms with Gasteiger partial charge in [0.1, 0.15) is 0 Å². The van der Waals surface area contributed by atoms with Crippen LogP contribution in [0.15, 0.2) is 23.1 Å². The summed E-state index contributed by atoms with van der Waals surface area (Å²) in [4.78, 5) is 2.27. The Morgan fingerprint density at radius 3 is 2.38 bits per heavy atom. The molecule has 1 aliphatic heterocycles. The normalized spacial score (nSPS) is 18.6. The number of sulfonamides is 1. The molecule has 1 aliphatic rings. The predicted octanol–water partition coefficient (Wildman–Crippen LogP) is 1.99. The zero-order valence-electron chi connectivity index (χ0n) is 11.7. The number of nitrogens with zero attached hydrogens (tertiary/aromatic N) is 1. The molecule has 0 amide bonds. The van der Waals surface area contributed by atoms with Gasteiger partial charge >= 0.3 is 0 Å². The van der Waals surface area contributed by atoms with Gasteiger partial charge in [-0.05, 0) is 25.1 Å². The van der Waals surface area contributed by atoms with E-state index >= 15 is 0 Å². The summed E-state index contributed by atoms with van der Waals surface area (Å²) in [7, 11) is -3.62. The molecule has 0 aliphatic carbocycles. The summed E-state index contributed by atoms with van der Waals surface area (Å²) in [6, 6.07) is 4.36. The van der Waals surface area contributed by atoms with Gasteiger partial charge in [-0.3, -0.25) is 4.90 Å². The van der Waals surface area contributed by atoms with Crippen molar-refractivity contribution in [3.63, 3.8) is 0 Å². The van der Waals surface area contributed by atoms with E-state index in [1.54, 1.807) is 0 Å². The van der Waals surface area contributed by atoms with Crippen LogP contribution in [0.2, 0.25) is 10.0 Å². The number of rotatable bonds is 5. The molecule has 118 valence electrons. The minimum atomic E-state index is -3.62. The van der Waals surface area contributed by atoms with Crippen molar-refractivity contribution in [2.75, 3.05) is 32.8 Å². The molecule has 1 saturated heterocycles. The first-order chi connectivity index (χ1) is 9.88. The molecule has 1 unspecified atom stereocenters. The van der Waals surface area contributed by atoms with E-state index < -0.39 is 10.0 Å². The third-order valence-electron chi connectivity index (χ3n) is 3.38. The monoisotopic (exact) mass is 352 g/mol. The lowest BCUT2D eigenvalue weighted by atomic mass is 10.2. The summed E-state index contributed by atoms with van der Waals surface area (Å²) in [5, 5.41) is 0.591. The molecule has 1 aromatic rings. The van der Waals surface area contributed by atoms with E-state index in [2.05, 4.69) is 9.62 Å². The number of halogens is 2. The summed E-state index contributed by atoms with van der Waals surface area (Å²) in [5.74, 6) is 0. The lowest BCUT2D eigenvalue weighted by Crippen LogP contribution is -2.47. The van der Waals surface area contributed by atoms with Gasteiger partial charge in [-0.15, -0.1) is 0 Å². The molecule has 1 fully saturated rings. The summed E-state index contributed by atoms with van der Waals surface area (Å²) in [6.07, 6.45) is 0. The molecule has 8 heteroatoms. The molecule has 0 aromatic heterocycles. The van der Waals surface area contributed by atoms with Gasteiger partial charge in [-0.2, -0.15) is 0 Å². The standard InChI is InChI=1S/C13H18Cl2N2O3S/c1-10(17-2-4-20-5-3-17)9-16-21(18,19)13-7-11(14)6-12(15)8-13/h6-8,10,16H,2-5,9H2,1H3. The highest BCUT2D eigenvalue weighted by atomic mass is 35.5. The Balaban J connectivity index is 2.00. The highest BCUT2D eigenvalue weighted by Crippen LogP contribution is 2.22. The Morgan fingerprint density at radius 1 is 1.24 bits per heavy atom. The number of ether oxygens (including phenoxy) is 1. The Bertz CT molecular complexity index is 569. The van der Waals surface area contributed by atoms with Gasteiger partial charge in [0.25, 0.3) is 0 Å². The van der Waals surface area contributed by atoms with E-state index in [9.17, 15) is 8.42 Å². The molecule has 1 atom stereocenters. The molecule has 0 saturated carbocycles. The predicted molar refractivity (Wildman–Crippen MR) is 83.5 cm³/mol. The van der Waals surface area contributed by atoms with Gasteiger partial charge in [0.2, 0.25) is 10.0 Å². The third kappa shape index (κ3) is 4.81. The second-order valence-corrected chi connectivity index (χ2v) is 7.59. The van der Waals surface area contributed by atoms with Gasteiger partial charge < -0.3 is 4.74 Å². The summed E-state index contributed by atoms with van der Waals surface area (Å²) >= 11 is 11.7. The first kappa shape index (κ1) is 17.0. The van der Waals surface area contributed by atoms with Crippen molar-refractivity contribution in [3.8, 4) is 0 Å². The van der Waals surface area contributed by atoms with E-state index in [1.165, 1.54) is 18.2 Å². The lowest BCUT2D eigenvalue weighted by molar-refractivity contribution is 0.0213. The van der Waals surface area contributed by atoms with Crippen molar-refractivity contribution in [1.82, 2.24) is 9.62 Å². The fraction of sp³-hybridized carbons (Fsp3) is 0.538. The van der Waals surface area contributed by atoms with Crippen LogP contribution in [0.25, 0.3) is 0 Å². The topological polar surface area (TPSA) is 58.6 Å². The number of morpholine rings is 1. The van der Waals surface area contributed by atoms with Crippen LogP contribution >= 0.6 is 23.2 Å². The molecule has 1 heterocycles. The van der Waals surface area contributed by atoms with E-state index in [1.807, 2.05) is 6.92 Å². The van der Waals surface area contributed by atoms with Crippen molar-refractivity contribution in [2.45, 2.75) is 17.9 Å². The summed E-state index contributed by atoms with van der Waals surface area (Å²) in [6.45, 7) is 5.30. The van der Waals surface area contributed by atoms with Crippen LogP contribution in [0.1, 0.15) is 6.92 Å². The number of nitrogens with one attached hydrogen (secondary N) is 1. The minimum absolute atomic E-state index is 0.0779. The zero-order chi connectivity index (χ0) is 15.5. The third-order valence-corrected chi connectivity index (χ3v) is 5.22. The van der Waals surface area contributed by atoms with Crippen LogP contribution in [0.5, 0.6) is 0 Å². The van der Waals surface area contributed by atoms with Gasteiger partial charge in [0.05, 0.1) is 18.1 Å². The fourth-order valence-corrected chi connectivity index (χ4v) is 3.99. The Morgan fingerprint density at radius 2 is 1.81 bits per heavy atom. The Labute approximate surface area is 135 Å². The van der Waals surface area contributed by atoms with Gasteiger partial charge in [0.15, 0.2) is 0 Å². The molecular formula is C13H18Cl2N2O3S. The molecule has 0 bridgehead atoms. The SMILES string of the molecule is CC(CNS(=O)(=O)c1cc(Cl)cc(Cl)c1)N1CCOCC1. The van der Waals surface area contributed by atoms with Crippen LogP contribution < -0.4 is 4.72 Å². The van der Waals surface area contributed by atoms with E-state index in [-0.39, 0.29) is 10.9 Å². The van der Waals surface area contributed by atoms with Crippen LogP contribution in [0.3, 0.4) is 0 Å². The molecule has 1 N–H and O–H groups in total. The molecule has 21 heavy (non-hydrogen) atoms. The largest absolute Gasteiger partial charge is 0.379 e. The van der Waals surface area contributed by atoms with E-state index in [4.69, 9.17) is 27.9 Å². The quantitative estimate of drug-likeness (QED) is 0.880. The Kier molecular flexibility index (Phi) is 5.88. The highest BCUT2D eigenvalue weighted by Gasteiger charge is 2.21. The van der Waals surface area contributed by atoms with Crippen LogP contribution in [-0.4, -0.2) is 52.2 Å². The summed E-state index contributed by atoms with van der Waals surface area (Å²) < 4.78 is 32.4. The fourth-order valence-electron chi connectivity index (χ4n) is 2.14. The number of hydrogen-bond acceptors (Lipinski definition) is 4. The van der Waals surface area contributed by atoms with Gasteiger partial charge in [-0.25, -0.2) is 13.1 Å². The van der Waals surface area contributed by atoms with Gasteiger partial charge in [-0.1, -0.05) is 23.2 Å². The van der Waals surface area contributed by atoms with Crippen LogP contribution in [0.4, 0.5) is 0 Å². The molecule has 5 nitrogen and oxygen atoms in total. The molecule has 0 radical (unpaired) electrons. The van der Waals surface area contributed by atoms with Crippen molar-refractivity contribution in [2.24, 2.45) is 0 Å². The van der Waals surface area contributed by atoms with Crippen molar-refractivity contribution in [3.05, 3.63) is 28.2 Å². The van der Waals surface area contributed by atoms with Crippen LogP contribution in [0, 0.1) is 0 Å². The smallest absolute Gasteiger partial charge is 0.240 e. The average Bonchev–Trinajstić information content (AvgIpc) is 2.45. The molecule has 0 spiro atoms. The van der Waals surface area contributed by atoms with Crippen molar-refractivity contribution >= 4 is 33.2 Å². The second kappa shape index (κ2) is 7.26. The average molecular weight is 353 g/mol. The van der Waals surface area contributed by atoms with Crippen LogP contribution in [-0.2, 0) is 14.8 Å². The first-order valence-corrected chi connectivity index (χ1v) is 8.90. The van der Waals surface area contributed by atoms with E-state index in [0.717, 1.165) is 13.1 Å². The summed E-state index contributed by atoms with van der Waals surface area (Å²) in [5.41, 5.74) is 0. The van der Waals surface area contributed by atoms with Crippen molar-refractivity contribution in [1.29, 1.82) is 0 Å². The lowest BCUT2D eigenvalue weighted by Gasteiger charge is -2.32. The van der Waals surface area contributed by atoms with Crippen molar-refractivity contribution < 1.29 is 13.2 Å². The number of benzene rings is 1. The maximum absolute atomic E-state index is 12.3. The Hall–Kier alpha value is -0.370. The highest BCUT2D eigenvalue weighted by molar-refractivity contribution is 7.89.